The van der Waals surface area contributed by atoms with E-state index in [1.807, 2.05) is 0 Å². The van der Waals surface area contributed by atoms with Crippen LogP contribution in [0.4, 0.5) is 0 Å². The number of cyclic esters (lactones) is 1. The van der Waals surface area contributed by atoms with E-state index in [0.717, 1.165) is 5.56 Å². The number of fused-ring (bicyclic) bond motifs is 1. The van der Waals surface area contributed by atoms with E-state index in [9.17, 15) is 9.59 Å². The van der Waals surface area contributed by atoms with Gasteiger partial charge in [0.05, 0.1) is 5.56 Å². The van der Waals surface area contributed by atoms with Crippen LogP contribution in [0.25, 0.3) is 0 Å². The highest BCUT2D eigenvalue weighted by atomic mass is 16.6. The third-order valence-corrected chi connectivity index (χ3v) is 2.43. The summed E-state index contributed by atoms with van der Waals surface area (Å²) in [5.74, 6) is -0.239. The Morgan fingerprint density at radius 2 is 2.11 bits per heavy atom. The summed E-state index contributed by atoms with van der Waals surface area (Å²) in [6.45, 7) is 5.47. The lowest BCUT2D eigenvalue weighted by Gasteiger charge is -2.19. The Bertz CT molecular complexity index is 513. The first-order valence-electron chi connectivity index (χ1n) is 6.00. The van der Waals surface area contributed by atoms with Crippen molar-refractivity contribution in [2.45, 2.75) is 33.0 Å². The second-order valence-corrected chi connectivity index (χ2v) is 5.27. The average molecular weight is 264 g/mol. The predicted octanol–water partition coefficient (Wildman–Crippen LogP) is 2.08. The summed E-state index contributed by atoms with van der Waals surface area (Å²) in [5, 5.41) is 0. The Hall–Kier alpha value is -2.04. The van der Waals surface area contributed by atoms with Gasteiger partial charge in [-0.3, -0.25) is 0 Å². The first kappa shape index (κ1) is 13.4. The third-order valence-electron chi connectivity index (χ3n) is 2.43. The van der Waals surface area contributed by atoms with Gasteiger partial charge < -0.3 is 14.2 Å². The molecule has 5 nitrogen and oxygen atoms in total. The number of carbonyl (C=O) groups is 2. The number of esters is 2. The number of rotatable bonds is 3. The summed E-state index contributed by atoms with van der Waals surface area (Å²) in [6.07, 6.45) is 0. The number of hydrogen-bond acceptors (Lipinski definition) is 5. The molecule has 0 bridgehead atoms. The van der Waals surface area contributed by atoms with Crippen molar-refractivity contribution in [1.29, 1.82) is 0 Å². The van der Waals surface area contributed by atoms with Crippen LogP contribution in [0.15, 0.2) is 18.2 Å². The molecule has 0 aromatic heterocycles. The van der Waals surface area contributed by atoms with Crippen LogP contribution in [0.3, 0.4) is 0 Å². The van der Waals surface area contributed by atoms with Gasteiger partial charge in [0, 0.05) is 5.56 Å². The van der Waals surface area contributed by atoms with Gasteiger partial charge in [0.25, 0.3) is 0 Å². The monoisotopic (exact) mass is 264 g/mol. The fraction of sp³-hybridized carbons (Fsp3) is 0.429. The Balaban J connectivity index is 1.94. The molecule has 0 aliphatic carbocycles. The molecule has 19 heavy (non-hydrogen) atoms. The summed E-state index contributed by atoms with van der Waals surface area (Å²) in [6, 6.07) is 4.97. The minimum absolute atomic E-state index is 0.162. The molecule has 5 heteroatoms. The maximum absolute atomic E-state index is 11.5. The fourth-order valence-corrected chi connectivity index (χ4v) is 1.71. The average Bonchev–Trinajstić information content (AvgIpc) is 2.66. The van der Waals surface area contributed by atoms with E-state index >= 15 is 0 Å². The first-order valence-corrected chi connectivity index (χ1v) is 6.00. The largest absolute Gasteiger partial charge is 0.482 e. The lowest BCUT2D eigenvalue weighted by atomic mass is 10.1. The van der Waals surface area contributed by atoms with E-state index in [2.05, 4.69) is 0 Å². The Morgan fingerprint density at radius 1 is 1.37 bits per heavy atom. The van der Waals surface area contributed by atoms with Crippen LogP contribution in [0.2, 0.25) is 0 Å². The topological polar surface area (TPSA) is 61.8 Å². The van der Waals surface area contributed by atoms with Gasteiger partial charge in [0.1, 0.15) is 18.0 Å². The SMILES string of the molecule is CC(C)(C)OC(=O)COc1ccc2c(c1)COC2=O. The molecule has 0 saturated heterocycles. The van der Waals surface area contributed by atoms with Crippen molar-refractivity contribution in [3.8, 4) is 5.75 Å². The summed E-state index contributed by atoms with van der Waals surface area (Å²) < 4.78 is 15.3. The van der Waals surface area contributed by atoms with Crippen LogP contribution in [0, 0.1) is 0 Å². The molecule has 0 radical (unpaired) electrons. The van der Waals surface area contributed by atoms with Crippen molar-refractivity contribution in [3.05, 3.63) is 29.3 Å². The molecule has 0 N–H and O–H groups in total. The first-order chi connectivity index (χ1) is 8.85. The normalized spacial score (nSPS) is 13.7. The Kier molecular flexibility index (Phi) is 3.46. The molecule has 0 amide bonds. The van der Waals surface area contributed by atoms with Crippen molar-refractivity contribution in [1.82, 2.24) is 0 Å². The maximum atomic E-state index is 11.5. The smallest absolute Gasteiger partial charge is 0.344 e. The lowest BCUT2D eigenvalue weighted by Crippen LogP contribution is -2.27. The molecule has 0 unspecified atom stereocenters. The summed E-state index contributed by atoms with van der Waals surface area (Å²) in [5.41, 5.74) is 0.787. The van der Waals surface area contributed by atoms with Gasteiger partial charge in [0.15, 0.2) is 6.61 Å². The molecule has 1 aliphatic rings. The number of ether oxygens (including phenoxy) is 3. The van der Waals surface area contributed by atoms with Gasteiger partial charge in [-0.05, 0) is 39.0 Å². The van der Waals surface area contributed by atoms with Crippen LogP contribution in [-0.2, 0) is 20.9 Å². The molecular formula is C14H16O5. The molecule has 0 fully saturated rings. The van der Waals surface area contributed by atoms with Crippen LogP contribution in [-0.4, -0.2) is 24.1 Å². The Labute approximate surface area is 111 Å². The maximum Gasteiger partial charge on any atom is 0.344 e. The third kappa shape index (κ3) is 3.47. The predicted molar refractivity (Wildman–Crippen MR) is 66.9 cm³/mol. The number of hydrogen-bond donors (Lipinski definition) is 0. The molecule has 0 atom stereocenters. The standard InChI is InChI=1S/C14H16O5/c1-14(2,3)19-12(15)8-17-10-4-5-11-9(6-10)7-18-13(11)16/h4-6H,7-8H2,1-3H3. The van der Waals surface area contributed by atoms with Gasteiger partial charge in [-0.2, -0.15) is 0 Å². The highest BCUT2D eigenvalue weighted by Gasteiger charge is 2.22. The van der Waals surface area contributed by atoms with E-state index in [4.69, 9.17) is 14.2 Å². The highest BCUT2D eigenvalue weighted by molar-refractivity contribution is 5.93. The zero-order chi connectivity index (χ0) is 14.0. The molecule has 102 valence electrons. The van der Waals surface area contributed by atoms with Gasteiger partial charge in [-0.15, -0.1) is 0 Å². The van der Waals surface area contributed by atoms with Crippen LogP contribution in [0.5, 0.6) is 5.75 Å². The fourth-order valence-electron chi connectivity index (χ4n) is 1.71. The molecule has 1 aliphatic heterocycles. The van der Waals surface area contributed by atoms with Crippen molar-refractivity contribution in [2.75, 3.05) is 6.61 Å². The molecule has 0 saturated carbocycles. The second-order valence-electron chi connectivity index (χ2n) is 5.27. The van der Waals surface area contributed by atoms with Crippen molar-refractivity contribution in [2.24, 2.45) is 0 Å². The van der Waals surface area contributed by atoms with Crippen LogP contribution >= 0.6 is 0 Å². The number of benzene rings is 1. The van der Waals surface area contributed by atoms with Gasteiger partial charge >= 0.3 is 11.9 Å². The van der Waals surface area contributed by atoms with E-state index in [1.165, 1.54) is 0 Å². The number of carbonyl (C=O) groups excluding carboxylic acids is 2. The van der Waals surface area contributed by atoms with Crippen molar-refractivity contribution < 1.29 is 23.8 Å². The van der Waals surface area contributed by atoms with E-state index in [1.54, 1.807) is 39.0 Å². The second kappa shape index (κ2) is 4.91. The van der Waals surface area contributed by atoms with E-state index in [-0.39, 0.29) is 19.2 Å². The summed E-state index contributed by atoms with van der Waals surface area (Å²) in [7, 11) is 0. The molecule has 1 aromatic carbocycles. The molecular weight excluding hydrogens is 248 g/mol. The molecule has 1 heterocycles. The van der Waals surface area contributed by atoms with Crippen molar-refractivity contribution >= 4 is 11.9 Å². The highest BCUT2D eigenvalue weighted by Crippen LogP contribution is 2.24. The van der Waals surface area contributed by atoms with Crippen molar-refractivity contribution in [3.63, 3.8) is 0 Å². The van der Waals surface area contributed by atoms with Gasteiger partial charge in [0.2, 0.25) is 0 Å². The quantitative estimate of drug-likeness (QED) is 0.782. The lowest BCUT2D eigenvalue weighted by molar-refractivity contribution is -0.157. The summed E-state index contributed by atoms with van der Waals surface area (Å²) in [4.78, 5) is 22.8. The van der Waals surface area contributed by atoms with Gasteiger partial charge in [-0.1, -0.05) is 0 Å². The van der Waals surface area contributed by atoms with Gasteiger partial charge in [-0.25, -0.2) is 9.59 Å². The molecule has 0 spiro atoms. The minimum Gasteiger partial charge on any atom is -0.482 e. The minimum atomic E-state index is -0.529. The molecule has 2 rings (SSSR count). The van der Waals surface area contributed by atoms with Crippen LogP contribution in [0.1, 0.15) is 36.7 Å². The zero-order valence-corrected chi connectivity index (χ0v) is 11.2. The van der Waals surface area contributed by atoms with E-state index < -0.39 is 11.6 Å². The Morgan fingerprint density at radius 3 is 2.79 bits per heavy atom. The van der Waals surface area contributed by atoms with Crippen LogP contribution < -0.4 is 4.74 Å². The summed E-state index contributed by atoms with van der Waals surface area (Å²) >= 11 is 0. The zero-order valence-electron chi connectivity index (χ0n) is 11.2. The van der Waals surface area contributed by atoms with E-state index in [0.29, 0.717) is 11.3 Å². The molecule has 1 aromatic rings.